The van der Waals surface area contributed by atoms with E-state index in [1.54, 1.807) is 0 Å². The SMILES string of the molecule is C1=CC(Cc2ccc(-c3cccnc3)cc2)CS1. The first-order chi connectivity index (χ1) is 8.92. The maximum atomic E-state index is 4.15. The number of nitrogens with zero attached hydrogens (tertiary/aromatic N) is 1. The van der Waals surface area contributed by atoms with Crippen molar-refractivity contribution in [3.05, 3.63) is 65.8 Å². The highest BCUT2D eigenvalue weighted by Gasteiger charge is 2.10. The van der Waals surface area contributed by atoms with E-state index in [1.165, 1.54) is 22.4 Å². The summed E-state index contributed by atoms with van der Waals surface area (Å²) >= 11 is 1.91. The molecule has 1 aromatic carbocycles. The van der Waals surface area contributed by atoms with Crippen LogP contribution in [0, 0.1) is 5.92 Å². The van der Waals surface area contributed by atoms with E-state index in [4.69, 9.17) is 0 Å². The molecule has 3 rings (SSSR count). The molecular weight excluding hydrogens is 238 g/mol. The minimum absolute atomic E-state index is 0.708. The lowest BCUT2D eigenvalue weighted by molar-refractivity contribution is 0.745. The van der Waals surface area contributed by atoms with Crippen molar-refractivity contribution in [2.75, 3.05) is 5.75 Å². The molecule has 2 heteroatoms. The van der Waals surface area contributed by atoms with Gasteiger partial charge in [0.2, 0.25) is 0 Å². The number of benzene rings is 1. The molecule has 1 aromatic heterocycles. The fourth-order valence-corrected chi connectivity index (χ4v) is 3.12. The number of aromatic nitrogens is 1. The van der Waals surface area contributed by atoms with Crippen molar-refractivity contribution in [2.24, 2.45) is 5.92 Å². The fraction of sp³-hybridized carbons (Fsp3) is 0.188. The van der Waals surface area contributed by atoms with Gasteiger partial charge in [-0.2, -0.15) is 0 Å². The third kappa shape index (κ3) is 2.65. The molecule has 0 saturated carbocycles. The number of thioether (sulfide) groups is 1. The van der Waals surface area contributed by atoms with Gasteiger partial charge in [-0.3, -0.25) is 4.98 Å². The molecule has 0 amide bonds. The van der Waals surface area contributed by atoms with Gasteiger partial charge in [-0.1, -0.05) is 36.4 Å². The number of rotatable bonds is 3. The van der Waals surface area contributed by atoms with E-state index in [9.17, 15) is 0 Å². The van der Waals surface area contributed by atoms with Gasteiger partial charge in [0, 0.05) is 18.1 Å². The second kappa shape index (κ2) is 5.40. The van der Waals surface area contributed by atoms with E-state index in [-0.39, 0.29) is 0 Å². The van der Waals surface area contributed by atoms with Gasteiger partial charge < -0.3 is 0 Å². The van der Waals surface area contributed by atoms with Crippen LogP contribution >= 0.6 is 11.8 Å². The molecule has 2 heterocycles. The maximum Gasteiger partial charge on any atom is 0.0346 e. The summed E-state index contributed by atoms with van der Waals surface area (Å²) < 4.78 is 0. The van der Waals surface area contributed by atoms with E-state index in [0.29, 0.717) is 5.92 Å². The summed E-state index contributed by atoms with van der Waals surface area (Å²) in [5, 5.41) is 2.22. The first-order valence-electron chi connectivity index (χ1n) is 6.19. The topological polar surface area (TPSA) is 12.9 Å². The van der Waals surface area contributed by atoms with Crippen molar-refractivity contribution < 1.29 is 0 Å². The van der Waals surface area contributed by atoms with E-state index in [1.807, 2.05) is 30.2 Å². The Morgan fingerprint density at radius 2 is 2.00 bits per heavy atom. The van der Waals surface area contributed by atoms with Gasteiger partial charge >= 0.3 is 0 Å². The van der Waals surface area contributed by atoms with E-state index in [2.05, 4.69) is 46.8 Å². The number of hydrogen-bond donors (Lipinski definition) is 0. The average Bonchev–Trinajstić information content (AvgIpc) is 2.94. The molecule has 2 aromatic rings. The highest BCUT2D eigenvalue weighted by molar-refractivity contribution is 8.02. The predicted octanol–water partition coefficient (Wildman–Crippen LogP) is 4.17. The Hall–Kier alpha value is -1.54. The van der Waals surface area contributed by atoms with Crippen LogP contribution in [0.3, 0.4) is 0 Å². The zero-order valence-corrected chi connectivity index (χ0v) is 10.9. The average molecular weight is 253 g/mol. The molecule has 0 bridgehead atoms. The molecule has 0 spiro atoms. The standard InChI is InChI=1S/C16H15NS/c1-2-16(11-17-8-1)15-5-3-13(4-6-15)10-14-7-9-18-12-14/h1-9,11,14H,10,12H2. The quantitative estimate of drug-likeness (QED) is 0.814. The van der Waals surface area contributed by atoms with Gasteiger partial charge in [0.15, 0.2) is 0 Å². The Labute approximate surface area is 112 Å². The second-order valence-corrected chi connectivity index (χ2v) is 5.50. The fourth-order valence-electron chi connectivity index (χ4n) is 2.20. The molecule has 0 fully saturated rings. The Balaban J connectivity index is 1.75. The normalized spacial score (nSPS) is 18.1. The van der Waals surface area contributed by atoms with E-state index >= 15 is 0 Å². The zero-order valence-electron chi connectivity index (χ0n) is 10.1. The van der Waals surface area contributed by atoms with Crippen molar-refractivity contribution in [3.8, 4) is 11.1 Å². The molecule has 90 valence electrons. The number of pyridine rings is 1. The molecule has 18 heavy (non-hydrogen) atoms. The van der Waals surface area contributed by atoms with E-state index in [0.717, 1.165) is 6.42 Å². The summed E-state index contributed by atoms with van der Waals surface area (Å²) in [5.74, 6) is 1.93. The summed E-state index contributed by atoms with van der Waals surface area (Å²) in [6, 6.07) is 12.9. The van der Waals surface area contributed by atoms with Crippen LogP contribution < -0.4 is 0 Å². The van der Waals surface area contributed by atoms with Gasteiger partial charge in [0.1, 0.15) is 0 Å². The highest BCUT2D eigenvalue weighted by Crippen LogP contribution is 2.25. The Morgan fingerprint density at radius 3 is 2.67 bits per heavy atom. The van der Waals surface area contributed by atoms with Crippen LogP contribution in [0.4, 0.5) is 0 Å². The van der Waals surface area contributed by atoms with Crippen LogP contribution in [0.15, 0.2) is 60.3 Å². The van der Waals surface area contributed by atoms with Crippen molar-refractivity contribution in [2.45, 2.75) is 6.42 Å². The van der Waals surface area contributed by atoms with E-state index < -0.39 is 0 Å². The Morgan fingerprint density at radius 1 is 1.11 bits per heavy atom. The van der Waals surface area contributed by atoms with Crippen molar-refractivity contribution >= 4 is 11.8 Å². The van der Waals surface area contributed by atoms with Crippen LogP contribution in [-0.4, -0.2) is 10.7 Å². The lowest BCUT2D eigenvalue weighted by Crippen LogP contribution is -2.00. The summed E-state index contributed by atoms with van der Waals surface area (Å²) in [5.41, 5.74) is 3.84. The lowest BCUT2D eigenvalue weighted by atomic mass is 9.99. The predicted molar refractivity (Wildman–Crippen MR) is 78.5 cm³/mol. The van der Waals surface area contributed by atoms with Gasteiger partial charge in [0.05, 0.1) is 0 Å². The van der Waals surface area contributed by atoms with Crippen molar-refractivity contribution in [1.82, 2.24) is 4.98 Å². The molecule has 0 saturated heterocycles. The zero-order chi connectivity index (χ0) is 12.2. The third-order valence-electron chi connectivity index (χ3n) is 3.20. The van der Waals surface area contributed by atoms with Gasteiger partial charge in [-0.05, 0) is 40.5 Å². The van der Waals surface area contributed by atoms with Crippen LogP contribution in [0.25, 0.3) is 11.1 Å². The van der Waals surface area contributed by atoms with Gasteiger partial charge in [0.25, 0.3) is 0 Å². The van der Waals surface area contributed by atoms with Crippen molar-refractivity contribution in [3.63, 3.8) is 0 Å². The van der Waals surface area contributed by atoms with Crippen LogP contribution in [0.2, 0.25) is 0 Å². The summed E-state index contributed by atoms with van der Waals surface area (Å²) in [6.45, 7) is 0. The molecule has 1 nitrogen and oxygen atoms in total. The van der Waals surface area contributed by atoms with Crippen molar-refractivity contribution in [1.29, 1.82) is 0 Å². The summed E-state index contributed by atoms with van der Waals surface area (Å²) in [6.07, 6.45) is 7.18. The summed E-state index contributed by atoms with van der Waals surface area (Å²) in [4.78, 5) is 4.15. The number of allylic oxidation sites excluding steroid dienone is 1. The van der Waals surface area contributed by atoms with Gasteiger partial charge in [-0.25, -0.2) is 0 Å². The molecule has 1 unspecified atom stereocenters. The highest BCUT2D eigenvalue weighted by atomic mass is 32.2. The summed E-state index contributed by atoms with van der Waals surface area (Å²) in [7, 11) is 0. The smallest absolute Gasteiger partial charge is 0.0346 e. The first-order valence-corrected chi connectivity index (χ1v) is 7.24. The molecule has 1 aliphatic rings. The monoisotopic (exact) mass is 253 g/mol. The van der Waals surface area contributed by atoms with Gasteiger partial charge in [-0.15, -0.1) is 11.8 Å². The lowest BCUT2D eigenvalue weighted by Gasteiger charge is -2.08. The van der Waals surface area contributed by atoms with Crippen LogP contribution in [0.1, 0.15) is 5.56 Å². The third-order valence-corrected chi connectivity index (χ3v) is 4.17. The molecular formula is C16H15NS. The Bertz CT molecular complexity index is 531. The molecule has 1 atom stereocenters. The first kappa shape index (κ1) is 11.5. The molecule has 1 aliphatic heterocycles. The minimum atomic E-state index is 0.708. The molecule has 0 aliphatic carbocycles. The second-order valence-electron chi connectivity index (χ2n) is 4.56. The Kier molecular flexibility index (Phi) is 3.47. The van der Waals surface area contributed by atoms with Crippen LogP contribution in [0.5, 0.6) is 0 Å². The largest absolute Gasteiger partial charge is 0.264 e. The minimum Gasteiger partial charge on any atom is -0.264 e. The maximum absolute atomic E-state index is 4.15. The molecule has 0 N–H and O–H groups in total. The molecule has 0 radical (unpaired) electrons. The number of hydrogen-bond acceptors (Lipinski definition) is 2. The van der Waals surface area contributed by atoms with Crippen LogP contribution in [-0.2, 0) is 6.42 Å².